The van der Waals surface area contributed by atoms with Gasteiger partial charge in [-0.25, -0.2) is 0 Å². The molecule has 0 aromatic heterocycles. The van der Waals surface area contributed by atoms with Crippen molar-refractivity contribution in [1.29, 1.82) is 0 Å². The monoisotopic (exact) mass is 409 g/mol. The average Bonchev–Trinajstić information content (AvgIpc) is 2.70. The van der Waals surface area contributed by atoms with Gasteiger partial charge < -0.3 is 16.0 Å². The summed E-state index contributed by atoms with van der Waals surface area (Å²) in [6.45, 7) is 2.40. The first-order valence-electron chi connectivity index (χ1n) is 8.78. The number of amides is 1. The van der Waals surface area contributed by atoms with Gasteiger partial charge in [-0.15, -0.1) is 0 Å². The molecule has 0 spiro atoms. The fraction of sp³-hybridized carbons (Fsp3) is 0.0909. The second kappa shape index (κ2) is 9.35. The van der Waals surface area contributed by atoms with Gasteiger partial charge in [0.2, 0.25) is 0 Å². The molecule has 0 aliphatic rings. The predicted molar refractivity (Wildman–Crippen MR) is 120 cm³/mol. The van der Waals surface area contributed by atoms with Crippen LogP contribution in [0.3, 0.4) is 0 Å². The zero-order chi connectivity index (χ0) is 19.9. The molecule has 0 aliphatic heterocycles. The van der Waals surface area contributed by atoms with E-state index in [2.05, 4.69) is 16.0 Å². The molecule has 0 fully saturated rings. The Hall–Kier alpha value is -2.89. The van der Waals surface area contributed by atoms with E-state index in [0.29, 0.717) is 22.2 Å². The molecule has 3 N–H and O–H groups in total. The SMILES string of the molecule is Cc1c(Cl)cccc1NC(=S)Nc1cccc(C(=O)NCc2ccccc2)c1. The quantitative estimate of drug-likeness (QED) is 0.495. The number of thiocarbonyl (C=S) groups is 1. The maximum absolute atomic E-state index is 12.4. The highest BCUT2D eigenvalue weighted by Gasteiger charge is 2.08. The molecule has 28 heavy (non-hydrogen) atoms. The van der Waals surface area contributed by atoms with Crippen LogP contribution in [0.4, 0.5) is 11.4 Å². The molecule has 3 aromatic carbocycles. The highest BCUT2D eigenvalue weighted by Crippen LogP contribution is 2.23. The molecular weight excluding hydrogens is 390 g/mol. The lowest BCUT2D eigenvalue weighted by atomic mass is 10.1. The van der Waals surface area contributed by atoms with Gasteiger partial charge in [-0.2, -0.15) is 0 Å². The van der Waals surface area contributed by atoms with Crippen molar-refractivity contribution in [3.8, 4) is 0 Å². The fourth-order valence-corrected chi connectivity index (χ4v) is 3.05. The Bertz CT molecular complexity index is 992. The Morgan fingerprint density at radius 1 is 0.964 bits per heavy atom. The van der Waals surface area contributed by atoms with Gasteiger partial charge in [0.15, 0.2) is 5.11 Å². The zero-order valence-electron chi connectivity index (χ0n) is 15.3. The third-order valence-electron chi connectivity index (χ3n) is 4.19. The summed E-state index contributed by atoms with van der Waals surface area (Å²) in [5.41, 5.74) is 4.09. The van der Waals surface area contributed by atoms with Gasteiger partial charge in [0, 0.05) is 28.5 Å². The Kier molecular flexibility index (Phi) is 6.63. The highest BCUT2D eigenvalue weighted by molar-refractivity contribution is 7.80. The van der Waals surface area contributed by atoms with E-state index in [1.807, 2.05) is 67.6 Å². The van der Waals surface area contributed by atoms with Crippen LogP contribution in [0.25, 0.3) is 0 Å². The van der Waals surface area contributed by atoms with Gasteiger partial charge in [-0.3, -0.25) is 4.79 Å². The molecule has 0 unspecified atom stereocenters. The lowest BCUT2D eigenvalue weighted by Gasteiger charge is -2.14. The van der Waals surface area contributed by atoms with Crippen LogP contribution in [-0.2, 0) is 6.54 Å². The largest absolute Gasteiger partial charge is 0.348 e. The van der Waals surface area contributed by atoms with E-state index in [4.69, 9.17) is 23.8 Å². The fourth-order valence-electron chi connectivity index (χ4n) is 2.65. The van der Waals surface area contributed by atoms with Crippen LogP contribution in [0.2, 0.25) is 5.02 Å². The van der Waals surface area contributed by atoms with Crippen LogP contribution in [0.1, 0.15) is 21.5 Å². The molecule has 6 heteroatoms. The van der Waals surface area contributed by atoms with E-state index >= 15 is 0 Å². The summed E-state index contributed by atoms with van der Waals surface area (Å²) in [6, 6.07) is 22.6. The van der Waals surface area contributed by atoms with Crippen LogP contribution >= 0.6 is 23.8 Å². The van der Waals surface area contributed by atoms with E-state index in [9.17, 15) is 4.79 Å². The molecule has 1 amide bonds. The number of hydrogen-bond acceptors (Lipinski definition) is 2. The number of halogens is 1. The number of rotatable bonds is 5. The van der Waals surface area contributed by atoms with Gasteiger partial charge >= 0.3 is 0 Å². The van der Waals surface area contributed by atoms with E-state index in [1.54, 1.807) is 12.1 Å². The molecule has 0 bridgehead atoms. The summed E-state index contributed by atoms with van der Waals surface area (Å²) in [7, 11) is 0. The standard InChI is InChI=1S/C22H20ClN3OS/c1-15-19(23)11-6-12-20(15)26-22(28)25-18-10-5-9-17(13-18)21(27)24-14-16-7-3-2-4-8-16/h2-13H,14H2,1H3,(H,24,27)(H2,25,26,28). The van der Waals surface area contributed by atoms with Crippen LogP contribution in [0.15, 0.2) is 72.8 Å². The number of carbonyl (C=O) groups is 1. The van der Waals surface area contributed by atoms with Gasteiger partial charge in [0.05, 0.1) is 0 Å². The number of hydrogen-bond donors (Lipinski definition) is 3. The zero-order valence-corrected chi connectivity index (χ0v) is 16.9. The van der Waals surface area contributed by atoms with Crippen LogP contribution in [0.5, 0.6) is 0 Å². The molecule has 0 aliphatic carbocycles. The first-order valence-corrected chi connectivity index (χ1v) is 9.57. The summed E-state index contributed by atoms with van der Waals surface area (Å²) in [5.74, 6) is -0.142. The van der Waals surface area contributed by atoms with Crippen molar-refractivity contribution in [2.24, 2.45) is 0 Å². The van der Waals surface area contributed by atoms with Crippen molar-refractivity contribution in [1.82, 2.24) is 5.32 Å². The van der Waals surface area contributed by atoms with Crippen LogP contribution < -0.4 is 16.0 Å². The Balaban J connectivity index is 1.61. The molecule has 0 heterocycles. The van der Waals surface area contributed by atoms with Crippen molar-refractivity contribution in [3.63, 3.8) is 0 Å². The van der Waals surface area contributed by atoms with Crippen molar-refractivity contribution >= 4 is 46.2 Å². The Morgan fingerprint density at radius 3 is 2.50 bits per heavy atom. The molecule has 3 rings (SSSR count). The van der Waals surface area contributed by atoms with E-state index in [0.717, 1.165) is 22.5 Å². The van der Waals surface area contributed by atoms with Crippen LogP contribution in [-0.4, -0.2) is 11.0 Å². The van der Waals surface area contributed by atoms with Gasteiger partial charge in [-0.05, 0) is 60.6 Å². The summed E-state index contributed by atoms with van der Waals surface area (Å²) in [5, 5.41) is 10.2. The van der Waals surface area contributed by atoms with E-state index < -0.39 is 0 Å². The first-order chi connectivity index (χ1) is 13.5. The molecule has 4 nitrogen and oxygen atoms in total. The Labute approximate surface area is 174 Å². The molecule has 142 valence electrons. The smallest absolute Gasteiger partial charge is 0.251 e. The lowest BCUT2D eigenvalue weighted by molar-refractivity contribution is 0.0951. The molecule has 0 atom stereocenters. The van der Waals surface area contributed by atoms with Crippen molar-refractivity contribution < 1.29 is 4.79 Å². The highest BCUT2D eigenvalue weighted by atomic mass is 35.5. The maximum Gasteiger partial charge on any atom is 0.251 e. The molecule has 0 saturated carbocycles. The van der Waals surface area contributed by atoms with Gasteiger partial charge in [0.1, 0.15) is 0 Å². The van der Waals surface area contributed by atoms with E-state index in [-0.39, 0.29) is 5.91 Å². The molecular formula is C22H20ClN3OS. The number of nitrogens with one attached hydrogen (secondary N) is 3. The van der Waals surface area contributed by atoms with Crippen molar-refractivity contribution in [2.75, 3.05) is 10.6 Å². The van der Waals surface area contributed by atoms with Crippen molar-refractivity contribution in [2.45, 2.75) is 13.5 Å². The summed E-state index contributed by atoms with van der Waals surface area (Å²) < 4.78 is 0. The van der Waals surface area contributed by atoms with E-state index in [1.165, 1.54) is 0 Å². The minimum Gasteiger partial charge on any atom is -0.348 e. The summed E-state index contributed by atoms with van der Waals surface area (Å²) in [6.07, 6.45) is 0. The third-order valence-corrected chi connectivity index (χ3v) is 4.81. The molecule has 0 radical (unpaired) electrons. The van der Waals surface area contributed by atoms with Gasteiger partial charge in [-0.1, -0.05) is 54.1 Å². The van der Waals surface area contributed by atoms with Crippen molar-refractivity contribution in [3.05, 3.63) is 94.5 Å². The topological polar surface area (TPSA) is 53.2 Å². The maximum atomic E-state index is 12.4. The first kappa shape index (κ1) is 19.9. The minimum absolute atomic E-state index is 0.142. The molecule has 3 aromatic rings. The predicted octanol–water partition coefficient (Wildman–Crippen LogP) is 5.39. The second-order valence-corrected chi connectivity index (χ2v) is 7.06. The minimum atomic E-state index is -0.142. The molecule has 0 saturated heterocycles. The van der Waals surface area contributed by atoms with Crippen LogP contribution in [0, 0.1) is 6.92 Å². The normalized spacial score (nSPS) is 10.2. The number of carbonyl (C=O) groups excluding carboxylic acids is 1. The number of anilines is 2. The average molecular weight is 410 g/mol. The third kappa shape index (κ3) is 5.31. The lowest BCUT2D eigenvalue weighted by Crippen LogP contribution is -2.23. The second-order valence-electron chi connectivity index (χ2n) is 6.24. The summed E-state index contributed by atoms with van der Waals surface area (Å²) in [4.78, 5) is 12.4. The summed E-state index contributed by atoms with van der Waals surface area (Å²) >= 11 is 11.5. The van der Waals surface area contributed by atoms with Gasteiger partial charge in [0.25, 0.3) is 5.91 Å². The number of benzene rings is 3. The Morgan fingerprint density at radius 2 is 1.71 bits per heavy atom.